The first-order valence-corrected chi connectivity index (χ1v) is 11.6. The molecule has 1 saturated carbocycles. The number of nitrogens with one attached hydrogen (secondary N) is 1. The second kappa shape index (κ2) is 7.61. The van der Waals surface area contributed by atoms with Gasteiger partial charge in [0.05, 0.1) is 5.56 Å². The maximum Gasteiger partial charge on any atom is 0.250 e. The van der Waals surface area contributed by atoms with Gasteiger partial charge in [-0.05, 0) is 26.7 Å². The van der Waals surface area contributed by atoms with Crippen LogP contribution in [0.4, 0.5) is 0 Å². The van der Waals surface area contributed by atoms with Crippen molar-refractivity contribution in [3.63, 3.8) is 0 Å². The van der Waals surface area contributed by atoms with Gasteiger partial charge in [-0.1, -0.05) is 19.3 Å². The zero-order valence-corrected chi connectivity index (χ0v) is 17.7. The summed E-state index contributed by atoms with van der Waals surface area (Å²) in [5.74, 6) is 0.663. The lowest BCUT2D eigenvalue weighted by Gasteiger charge is -2.40. The minimum atomic E-state index is -3.65. The van der Waals surface area contributed by atoms with Crippen molar-refractivity contribution in [3.05, 3.63) is 17.3 Å². The number of hydrogen-bond acceptors (Lipinski definition) is 6. The Balaban J connectivity index is 1.58. The minimum Gasteiger partial charge on any atom is -0.421 e. The van der Waals surface area contributed by atoms with Crippen molar-refractivity contribution < 1.29 is 12.8 Å². The second-order valence-electron chi connectivity index (χ2n) is 7.94. The van der Waals surface area contributed by atoms with Crippen LogP contribution in [0.25, 0.3) is 11.5 Å². The van der Waals surface area contributed by atoms with Crippen molar-refractivity contribution in [1.82, 2.24) is 24.4 Å². The second-order valence-corrected chi connectivity index (χ2v) is 9.81. The zero-order chi connectivity index (χ0) is 19.9. The molecule has 0 aromatic carbocycles. The van der Waals surface area contributed by atoms with Crippen LogP contribution in [0.2, 0.25) is 0 Å². The molecule has 0 spiro atoms. The standard InChI is InChI=1S/C19H29N5O3S/c1-13-17(19-22-21-15(3)27-19)18(14(2)20-13)28(25,26)24-11-9-23(10-12-24)16-7-5-4-6-8-16/h16,20H,4-12H2,1-3H3. The van der Waals surface area contributed by atoms with E-state index in [-0.39, 0.29) is 10.8 Å². The van der Waals surface area contributed by atoms with Gasteiger partial charge in [0.25, 0.3) is 5.89 Å². The van der Waals surface area contributed by atoms with Gasteiger partial charge in [-0.25, -0.2) is 8.42 Å². The van der Waals surface area contributed by atoms with E-state index in [0.29, 0.717) is 36.3 Å². The van der Waals surface area contributed by atoms with Gasteiger partial charge in [0.1, 0.15) is 4.90 Å². The molecule has 0 atom stereocenters. The van der Waals surface area contributed by atoms with Crippen molar-refractivity contribution in [1.29, 1.82) is 0 Å². The molecular weight excluding hydrogens is 378 g/mol. The molecule has 3 heterocycles. The van der Waals surface area contributed by atoms with Crippen LogP contribution in [0, 0.1) is 20.8 Å². The van der Waals surface area contributed by atoms with E-state index in [9.17, 15) is 8.42 Å². The molecule has 1 saturated heterocycles. The fourth-order valence-electron chi connectivity index (χ4n) is 4.62. The quantitative estimate of drug-likeness (QED) is 0.837. The number of rotatable bonds is 4. The molecule has 0 amide bonds. The average molecular weight is 408 g/mol. The highest BCUT2D eigenvalue weighted by Gasteiger charge is 2.36. The molecule has 2 aliphatic rings. The van der Waals surface area contributed by atoms with Crippen LogP contribution in [0.3, 0.4) is 0 Å². The summed E-state index contributed by atoms with van der Waals surface area (Å²) >= 11 is 0. The number of nitrogens with zero attached hydrogens (tertiary/aromatic N) is 4. The first-order chi connectivity index (χ1) is 13.4. The third-order valence-corrected chi connectivity index (χ3v) is 8.09. The van der Waals surface area contributed by atoms with Gasteiger partial charge in [0.15, 0.2) is 0 Å². The maximum atomic E-state index is 13.5. The summed E-state index contributed by atoms with van der Waals surface area (Å²) in [7, 11) is -3.65. The van der Waals surface area contributed by atoms with Gasteiger partial charge in [-0.2, -0.15) is 4.31 Å². The summed E-state index contributed by atoms with van der Waals surface area (Å²) in [5, 5.41) is 7.92. The van der Waals surface area contributed by atoms with E-state index in [1.807, 2.05) is 6.92 Å². The van der Waals surface area contributed by atoms with E-state index in [1.54, 1.807) is 18.2 Å². The first kappa shape index (κ1) is 19.6. The van der Waals surface area contributed by atoms with Crippen molar-refractivity contribution in [3.8, 4) is 11.5 Å². The van der Waals surface area contributed by atoms with Gasteiger partial charge in [-0.3, -0.25) is 4.90 Å². The van der Waals surface area contributed by atoms with Gasteiger partial charge in [0, 0.05) is 50.5 Å². The lowest BCUT2D eigenvalue weighted by molar-refractivity contribution is 0.111. The minimum absolute atomic E-state index is 0.249. The molecule has 1 N–H and O–H groups in total. The van der Waals surface area contributed by atoms with E-state index in [2.05, 4.69) is 20.1 Å². The molecule has 1 aliphatic heterocycles. The van der Waals surface area contributed by atoms with Crippen LogP contribution in [0.15, 0.2) is 9.31 Å². The predicted molar refractivity (Wildman–Crippen MR) is 106 cm³/mol. The molecule has 4 rings (SSSR count). The monoisotopic (exact) mass is 407 g/mol. The molecule has 9 heteroatoms. The Kier molecular flexibility index (Phi) is 5.32. The van der Waals surface area contributed by atoms with Crippen LogP contribution in [0.5, 0.6) is 0 Å². The zero-order valence-electron chi connectivity index (χ0n) is 16.9. The number of hydrogen-bond donors (Lipinski definition) is 1. The third-order valence-electron chi connectivity index (χ3n) is 6.02. The highest BCUT2D eigenvalue weighted by atomic mass is 32.2. The van der Waals surface area contributed by atoms with Crippen molar-refractivity contribution in [2.75, 3.05) is 26.2 Å². The Morgan fingerprint density at radius 2 is 1.64 bits per heavy atom. The lowest BCUT2D eigenvalue weighted by atomic mass is 9.94. The lowest BCUT2D eigenvalue weighted by Crippen LogP contribution is -2.52. The molecule has 0 bridgehead atoms. The largest absolute Gasteiger partial charge is 0.421 e. The summed E-state index contributed by atoms with van der Waals surface area (Å²) in [4.78, 5) is 5.88. The summed E-state index contributed by atoms with van der Waals surface area (Å²) in [6.45, 7) is 7.94. The maximum absolute atomic E-state index is 13.5. The van der Waals surface area contributed by atoms with Gasteiger partial charge in [0.2, 0.25) is 15.9 Å². The summed E-state index contributed by atoms with van der Waals surface area (Å²) in [6, 6.07) is 0.617. The molecular formula is C19H29N5O3S. The number of sulfonamides is 1. The molecule has 0 radical (unpaired) electrons. The molecule has 1 aliphatic carbocycles. The third kappa shape index (κ3) is 3.51. The number of aromatic amines is 1. The molecule has 28 heavy (non-hydrogen) atoms. The van der Waals surface area contributed by atoms with Gasteiger partial charge in [-0.15, -0.1) is 10.2 Å². The van der Waals surface area contributed by atoms with E-state index >= 15 is 0 Å². The van der Waals surface area contributed by atoms with E-state index in [1.165, 1.54) is 32.1 Å². The van der Waals surface area contributed by atoms with E-state index < -0.39 is 10.0 Å². The van der Waals surface area contributed by atoms with Gasteiger partial charge < -0.3 is 9.40 Å². The normalized spacial score (nSPS) is 20.7. The Morgan fingerprint density at radius 3 is 2.25 bits per heavy atom. The molecule has 2 aromatic rings. The highest BCUT2D eigenvalue weighted by molar-refractivity contribution is 7.89. The number of H-pyrrole nitrogens is 1. The number of piperazine rings is 1. The SMILES string of the molecule is Cc1nnc(-c2c(C)[nH]c(C)c2S(=O)(=O)N2CCN(C3CCCCC3)CC2)o1. The van der Waals surface area contributed by atoms with Crippen molar-refractivity contribution in [2.45, 2.75) is 63.8 Å². The number of aryl methyl sites for hydroxylation is 3. The predicted octanol–water partition coefficient (Wildman–Crippen LogP) is 2.63. The van der Waals surface area contributed by atoms with Crippen molar-refractivity contribution in [2.24, 2.45) is 0 Å². The number of aromatic nitrogens is 3. The summed E-state index contributed by atoms with van der Waals surface area (Å²) in [5.41, 5.74) is 1.83. The molecule has 0 unspecified atom stereocenters. The summed E-state index contributed by atoms with van der Waals surface area (Å²) < 4.78 is 34.2. The van der Waals surface area contributed by atoms with Crippen molar-refractivity contribution >= 4 is 10.0 Å². The molecule has 2 fully saturated rings. The van der Waals surface area contributed by atoms with E-state index in [0.717, 1.165) is 18.8 Å². The molecule has 154 valence electrons. The topological polar surface area (TPSA) is 95.3 Å². The van der Waals surface area contributed by atoms with Crippen LogP contribution in [-0.2, 0) is 10.0 Å². The smallest absolute Gasteiger partial charge is 0.250 e. The Labute approximate surface area is 166 Å². The Hall–Kier alpha value is -1.71. The fourth-order valence-corrected chi connectivity index (χ4v) is 6.46. The van der Waals surface area contributed by atoms with E-state index in [4.69, 9.17) is 4.42 Å². The summed E-state index contributed by atoms with van der Waals surface area (Å²) in [6.07, 6.45) is 6.39. The Bertz CT molecular complexity index is 935. The fraction of sp³-hybridized carbons (Fsp3) is 0.684. The Morgan fingerprint density at radius 1 is 0.964 bits per heavy atom. The molecule has 8 nitrogen and oxygen atoms in total. The highest BCUT2D eigenvalue weighted by Crippen LogP contribution is 2.35. The van der Waals surface area contributed by atoms with Gasteiger partial charge >= 0.3 is 0 Å². The van der Waals surface area contributed by atoms with Crippen LogP contribution in [0.1, 0.15) is 49.4 Å². The van der Waals surface area contributed by atoms with Crippen LogP contribution in [-0.4, -0.2) is 65.0 Å². The van der Waals surface area contributed by atoms with Crippen LogP contribution >= 0.6 is 0 Å². The first-order valence-electron chi connectivity index (χ1n) is 10.1. The molecule has 2 aromatic heterocycles. The average Bonchev–Trinajstić information content (AvgIpc) is 3.24. The van der Waals surface area contributed by atoms with Crippen LogP contribution < -0.4 is 0 Å².